The van der Waals surface area contributed by atoms with Crippen LogP contribution < -0.4 is 0 Å². The molecule has 4 aliphatic rings. The highest BCUT2D eigenvalue weighted by Gasteiger charge is 2.64. The third-order valence-electron chi connectivity index (χ3n) is 10.6. The summed E-state index contributed by atoms with van der Waals surface area (Å²) in [7, 11) is 0. The molecule has 0 saturated heterocycles. The fourth-order valence-corrected chi connectivity index (χ4v) is 9.27. The highest BCUT2D eigenvalue weighted by atomic mass is 16.3. The van der Waals surface area contributed by atoms with Crippen LogP contribution in [0.15, 0.2) is 0 Å². The van der Waals surface area contributed by atoms with Crippen molar-refractivity contribution in [2.75, 3.05) is 0 Å². The van der Waals surface area contributed by atoms with E-state index in [0.29, 0.717) is 34.9 Å². The zero-order valence-electron chi connectivity index (χ0n) is 19.0. The van der Waals surface area contributed by atoms with E-state index in [1.807, 2.05) is 0 Å². The van der Waals surface area contributed by atoms with Crippen LogP contribution in [-0.4, -0.2) is 17.0 Å². The number of ketones is 1. The fourth-order valence-electron chi connectivity index (χ4n) is 9.27. The minimum atomic E-state index is -0.184. The number of hydrogen-bond donors (Lipinski definition) is 1. The van der Waals surface area contributed by atoms with Gasteiger partial charge in [0.25, 0.3) is 0 Å². The molecular weight excluding hydrogens is 344 g/mol. The summed E-state index contributed by atoms with van der Waals surface area (Å²) in [4.78, 5) is 13.9. The van der Waals surface area contributed by atoms with Gasteiger partial charge in [-0.2, -0.15) is 0 Å². The first-order valence-electron chi connectivity index (χ1n) is 12.5. The van der Waals surface area contributed by atoms with E-state index in [-0.39, 0.29) is 17.4 Å². The van der Waals surface area contributed by atoms with Gasteiger partial charge in [-0.15, -0.1) is 0 Å². The van der Waals surface area contributed by atoms with Crippen LogP contribution in [0.2, 0.25) is 0 Å². The Morgan fingerprint density at radius 2 is 1.68 bits per heavy atom. The van der Waals surface area contributed by atoms with E-state index in [1.54, 1.807) is 0 Å². The Bertz CT molecular complexity index is 599. The Morgan fingerprint density at radius 1 is 1.00 bits per heavy atom. The second-order valence-electron chi connectivity index (χ2n) is 11.7. The van der Waals surface area contributed by atoms with E-state index in [2.05, 4.69) is 34.6 Å². The van der Waals surface area contributed by atoms with Crippen LogP contribution in [0.25, 0.3) is 0 Å². The van der Waals surface area contributed by atoms with Crippen molar-refractivity contribution >= 4 is 5.78 Å². The van der Waals surface area contributed by atoms with E-state index in [0.717, 1.165) is 37.5 Å². The number of rotatable bonds is 4. The van der Waals surface area contributed by atoms with Crippen LogP contribution >= 0.6 is 0 Å². The van der Waals surface area contributed by atoms with Crippen molar-refractivity contribution in [3.05, 3.63) is 0 Å². The summed E-state index contributed by atoms with van der Waals surface area (Å²) in [5.41, 5.74) is 0.647. The average Bonchev–Trinajstić information content (AvgIpc) is 3.01. The molecule has 0 spiro atoms. The average molecular weight is 389 g/mol. The molecule has 10 atom stereocenters. The zero-order valence-corrected chi connectivity index (χ0v) is 19.0. The Kier molecular flexibility index (Phi) is 5.52. The smallest absolute Gasteiger partial charge is 0.139 e. The van der Waals surface area contributed by atoms with Gasteiger partial charge in [-0.05, 0) is 91.8 Å². The normalized spacial score (nSPS) is 51.9. The lowest BCUT2D eigenvalue weighted by molar-refractivity contribution is -0.173. The number of fused-ring (bicyclic) bond motifs is 5. The Labute approximate surface area is 173 Å². The molecule has 2 nitrogen and oxygen atoms in total. The third-order valence-corrected chi connectivity index (χ3v) is 10.6. The number of Topliss-reactive ketones (excluding diaryl/α,β-unsaturated/α-hetero) is 1. The SMILES string of the molecule is CCC[C@@H](C)[C@H]1CCC2C3C(=O)[C@H](CC)C4C[C@H](O)CC[C@]4(C)C3CC[C@@]21C. The van der Waals surface area contributed by atoms with Gasteiger partial charge in [-0.25, -0.2) is 0 Å². The van der Waals surface area contributed by atoms with Crippen LogP contribution in [0.5, 0.6) is 0 Å². The Balaban J connectivity index is 1.68. The van der Waals surface area contributed by atoms with Crippen molar-refractivity contribution in [3.63, 3.8) is 0 Å². The number of carbonyl (C=O) groups is 1. The lowest BCUT2D eigenvalue weighted by Crippen LogP contribution is -2.60. The summed E-state index contributed by atoms with van der Waals surface area (Å²) >= 11 is 0. The molecule has 4 aliphatic carbocycles. The molecule has 0 amide bonds. The summed E-state index contributed by atoms with van der Waals surface area (Å²) in [5, 5.41) is 10.4. The minimum Gasteiger partial charge on any atom is -0.393 e. The van der Waals surface area contributed by atoms with Crippen LogP contribution in [0.1, 0.15) is 98.8 Å². The summed E-state index contributed by atoms with van der Waals surface area (Å²) in [6.07, 6.45) is 11.5. The predicted molar refractivity (Wildman–Crippen MR) is 115 cm³/mol. The number of aliphatic hydroxyl groups is 1. The van der Waals surface area contributed by atoms with E-state index in [1.165, 1.54) is 38.5 Å². The van der Waals surface area contributed by atoms with Crippen molar-refractivity contribution in [2.45, 2.75) is 105 Å². The van der Waals surface area contributed by atoms with Crippen LogP contribution in [0, 0.1) is 52.3 Å². The van der Waals surface area contributed by atoms with Gasteiger partial charge >= 0.3 is 0 Å². The van der Waals surface area contributed by atoms with Crippen LogP contribution in [0.4, 0.5) is 0 Å². The maximum absolute atomic E-state index is 13.9. The lowest BCUT2D eigenvalue weighted by atomic mass is 9.42. The second-order valence-corrected chi connectivity index (χ2v) is 11.7. The summed E-state index contributed by atoms with van der Waals surface area (Å²) in [5.74, 6) is 4.30. The molecule has 0 heterocycles. The molecule has 4 unspecified atom stereocenters. The number of aliphatic hydroxyl groups excluding tert-OH is 1. The first kappa shape index (κ1) is 20.9. The van der Waals surface area contributed by atoms with Gasteiger partial charge in [0.1, 0.15) is 5.78 Å². The van der Waals surface area contributed by atoms with Gasteiger partial charge < -0.3 is 5.11 Å². The summed E-state index contributed by atoms with van der Waals surface area (Å²) in [6.45, 7) is 12.1. The molecule has 0 aromatic carbocycles. The van der Waals surface area contributed by atoms with Gasteiger partial charge in [0.05, 0.1) is 6.10 Å². The Morgan fingerprint density at radius 3 is 2.36 bits per heavy atom. The maximum Gasteiger partial charge on any atom is 0.139 e. The minimum absolute atomic E-state index is 0.184. The maximum atomic E-state index is 13.9. The van der Waals surface area contributed by atoms with Crippen LogP contribution in [0.3, 0.4) is 0 Å². The molecule has 0 aromatic rings. The van der Waals surface area contributed by atoms with E-state index in [4.69, 9.17) is 0 Å². The van der Waals surface area contributed by atoms with Gasteiger partial charge in [-0.1, -0.05) is 47.5 Å². The van der Waals surface area contributed by atoms with Gasteiger partial charge in [0, 0.05) is 11.8 Å². The van der Waals surface area contributed by atoms with Crippen molar-refractivity contribution in [1.82, 2.24) is 0 Å². The van der Waals surface area contributed by atoms with E-state index < -0.39 is 0 Å². The summed E-state index contributed by atoms with van der Waals surface area (Å²) in [6, 6.07) is 0. The predicted octanol–water partition coefficient (Wildman–Crippen LogP) is 6.26. The largest absolute Gasteiger partial charge is 0.393 e. The third kappa shape index (κ3) is 2.87. The molecule has 28 heavy (non-hydrogen) atoms. The molecule has 160 valence electrons. The van der Waals surface area contributed by atoms with Gasteiger partial charge in [0.15, 0.2) is 0 Å². The molecule has 0 aromatic heterocycles. The molecule has 4 fully saturated rings. The zero-order chi connectivity index (χ0) is 20.3. The van der Waals surface area contributed by atoms with Gasteiger partial charge in [0.2, 0.25) is 0 Å². The summed E-state index contributed by atoms with van der Waals surface area (Å²) < 4.78 is 0. The van der Waals surface area contributed by atoms with E-state index in [9.17, 15) is 9.90 Å². The highest BCUT2D eigenvalue weighted by Crippen LogP contribution is 2.68. The standard InChI is InChI=1S/C26H44O2/c1-6-8-16(3)19-9-10-20-23-21(12-14-25(19,20)4)26(5)13-11-17(27)15-22(26)18(7-2)24(23)28/h16-23,27H,6-15H2,1-5H3/t16-,17-,18-,19-,20?,21?,22?,23?,25-,26-/m1/s1. The van der Waals surface area contributed by atoms with Crippen molar-refractivity contribution in [2.24, 2.45) is 52.3 Å². The van der Waals surface area contributed by atoms with Gasteiger partial charge in [-0.3, -0.25) is 4.79 Å². The Hall–Kier alpha value is -0.370. The topological polar surface area (TPSA) is 37.3 Å². The van der Waals surface area contributed by atoms with E-state index >= 15 is 0 Å². The number of carbonyl (C=O) groups excluding carboxylic acids is 1. The molecule has 0 bridgehead atoms. The molecule has 0 aliphatic heterocycles. The van der Waals surface area contributed by atoms with Crippen molar-refractivity contribution in [1.29, 1.82) is 0 Å². The first-order chi connectivity index (χ1) is 13.3. The molecule has 4 saturated carbocycles. The molecule has 2 heteroatoms. The number of hydrogen-bond acceptors (Lipinski definition) is 2. The fraction of sp³-hybridized carbons (Fsp3) is 0.962. The lowest BCUT2D eigenvalue weighted by Gasteiger charge is -2.62. The molecule has 4 rings (SSSR count). The first-order valence-corrected chi connectivity index (χ1v) is 12.5. The molecular formula is C26H44O2. The second kappa shape index (κ2) is 7.40. The molecule has 1 N–H and O–H groups in total. The highest BCUT2D eigenvalue weighted by molar-refractivity contribution is 5.86. The molecule has 0 radical (unpaired) electrons. The monoisotopic (exact) mass is 388 g/mol. The van der Waals surface area contributed by atoms with Crippen LogP contribution in [-0.2, 0) is 4.79 Å². The van der Waals surface area contributed by atoms with Crippen molar-refractivity contribution < 1.29 is 9.90 Å². The quantitative estimate of drug-likeness (QED) is 0.617. The van der Waals surface area contributed by atoms with Crippen molar-refractivity contribution in [3.8, 4) is 0 Å².